The molecule has 4 rings (SSSR count). The molecule has 0 unspecified atom stereocenters. The minimum atomic E-state index is -0.250. The first-order valence-corrected chi connectivity index (χ1v) is 9.92. The van der Waals surface area contributed by atoms with Crippen molar-refractivity contribution in [3.8, 4) is 0 Å². The van der Waals surface area contributed by atoms with Crippen LogP contribution < -0.4 is 16.0 Å². The van der Waals surface area contributed by atoms with Gasteiger partial charge in [-0.25, -0.2) is 14.5 Å². The molecule has 3 atom stereocenters. The van der Waals surface area contributed by atoms with E-state index in [0.29, 0.717) is 24.8 Å². The highest BCUT2D eigenvalue weighted by Crippen LogP contribution is 2.34. The fourth-order valence-corrected chi connectivity index (χ4v) is 4.04. The van der Waals surface area contributed by atoms with Gasteiger partial charge in [0.05, 0.1) is 6.04 Å². The highest BCUT2D eigenvalue weighted by molar-refractivity contribution is 5.76. The number of hydrogen-bond donors (Lipinski definition) is 3. The van der Waals surface area contributed by atoms with E-state index in [1.165, 1.54) is 0 Å². The van der Waals surface area contributed by atoms with Gasteiger partial charge in [0, 0.05) is 19.1 Å². The number of carbonyl (C=O) groups is 2. The number of amides is 3. The lowest BCUT2D eigenvalue weighted by molar-refractivity contribution is -0.122. The molecule has 0 aliphatic carbocycles. The number of nitrogens with zero attached hydrogens (tertiary/aromatic N) is 3. The molecule has 0 radical (unpaired) electrons. The molecule has 3 amide bonds. The van der Waals surface area contributed by atoms with E-state index in [9.17, 15) is 9.59 Å². The maximum Gasteiger partial charge on any atom is 0.317 e. The van der Waals surface area contributed by atoms with Gasteiger partial charge in [0.2, 0.25) is 5.91 Å². The van der Waals surface area contributed by atoms with Crippen LogP contribution in [-0.2, 0) is 22.6 Å². The number of hydrogen-bond acceptors (Lipinski definition) is 5. The summed E-state index contributed by atoms with van der Waals surface area (Å²) in [5.74, 6) is 1.42. The average Bonchev–Trinajstić information content (AvgIpc) is 3.02. The molecule has 1 aromatic carbocycles. The van der Waals surface area contributed by atoms with Crippen LogP contribution >= 0.6 is 0 Å². The van der Waals surface area contributed by atoms with Crippen LogP contribution in [0.3, 0.4) is 0 Å². The fraction of sp³-hybridized carbons (Fsp3) is 0.500. The Morgan fingerprint density at radius 2 is 2.21 bits per heavy atom. The molecule has 2 aromatic rings. The molecule has 0 spiro atoms. The summed E-state index contributed by atoms with van der Waals surface area (Å²) in [7, 11) is 0. The Morgan fingerprint density at radius 3 is 3.00 bits per heavy atom. The number of aromatic nitrogens is 3. The van der Waals surface area contributed by atoms with Crippen LogP contribution in [0.4, 0.5) is 4.79 Å². The van der Waals surface area contributed by atoms with Crippen LogP contribution in [-0.4, -0.2) is 39.5 Å². The molecule has 2 aliphatic rings. The molecule has 9 nitrogen and oxygen atoms in total. The van der Waals surface area contributed by atoms with E-state index in [0.717, 1.165) is 24.0 Å². The van der Waals surface area contributed by atoms with E-state index in [4.69, 9.17) is 4.74 Å². The smallest absolute Gasteiger partial charge is 0.317 e. The molecule has 29 heavy (non-hydrogen) atoms. The predicted molar refractivity (Wildman–Crippen MR) is 105 cm³/mol. The summed E-state index contributed by atoms with van der Waals surface area (Å²) in [6.07, 6.45) is 1.71. The van der Waals surface area contributed by atoms with Crippen LogP contribution in [0.2, 0.25) is 0 Å². The molecule has 3 N–H and O–H groups in total. The summed E-state index contributed by atoms with van der Waals surface area (Å²) in [5.41, 5.74) is 2.00. The van der Waals surface area contributed by atoms with Gasteiger partial charge in [0.1, 0.15) is 24.4 Å². The molecule has 0 saturated carbocycles. The molecule has 9 heteroatoms. The van der Waals surface area contributed by atoms with Crippen LogP contribution in [0.25, 0.3) is 0 Å². The number of nitrogens with one attached hydrogen (secondary N) is 3. The SMILES string of the molecule is Cc1nc(C)n(CC(=O)NCc2cccc([C@@H]3NC(=O)N[C@H]4OCCC[C@H]43)c2)n1. The third kappa shape index (κ3) is 4.40. The zero-order valence-electron chi connectivity index (χ0n) is 16.6. The van der Waals surface area contributed by atoms with Crippen LogP contribution in [0.15, 0.2) is 24.3 Å². The second-order valence-corrected chi connectivity index (χ2v) is 7.58. The highest BCUT2D eigenvalue weighted by atomic mass is 16.5. The number of aryl methyl sites for hydroxylation is 2. The molecular weight excluding hydrogens is 372 g/mol. The Morgan fingerprint density at radius 1 is 1.34 bits per heavy atom. The van der Waals surface area contributed by atoms with E-state index in [-0.39, 0.29) is 36.7 Å². The highest BCUT2D eigenvalue weighted by Gasteiger charge is 2.39. The molecule has 1 aromatic heterocycles. The fourth-order valence-electron chi connectivity index (χ4n) is 4.04. The summed E-state index contributed by atoms with van der Waals surface area (Å²) in [4.78, 5) is 28.5. The van der Waals surface area contributed by atoms with Crippen molar-refractivity contribution in [3.05, 3.63) is 47.0 Å². The topological polar surface area (TPSA) is 110 Å². The van der Waals surface area contributed by atoms with Gasteiger partial charge in [0.25, 0.3) is 0 Å². The van der Waals surface area contributed by atoms with Crippen molar-refractivity contribution >= 4 is 11.9 Å². The van der Waals surface area contributed by atoms with E-state index >= 15 is 0 Å². The Balaban J connectivity index is 1.41. The average molecular weight is 398 g/mol. The minimum Gasteiger partial charge on any atom is -0.358 e. The van der Waals surface area contributed by atoms with Crippen LogP contribution in [0.1, 0.15) is 41.7 Å². The monoisotopic (exact) mass is 398 g/mol. The van der Waals surface area contributed by atoms with Gasteiger partial charge in [-0.2, -0.15) is 5.10 Å². The molecular formula is C20H26N6O3. The third-order valence-corrected chi connectivity index (χ3v) is 5.41. The lowest BCUT2D eigenvalue weighted by Gasteiger charge is -2.42. The Bertz CT molecular complexity index is 911. The first-order chi connectivity index (χ1) is 14.0. The van der Waals surface area contributed by atoms with E-state index < -0.39 is 0 Å². The first-order valence-electron chi connectivity index (χ1n) is 9.92. The zero-order valence-corrected chi connectivity index (χ0v) is 16.6. The van der Waals surface area contributed by atoms with E-state index in [1.807, 2.05) is 31.2 Å². The van der Waals surface area contributed by atoms with Gasteiger partial charge in [-0.3, -0.25) is 4.79 Å². The lowest BCUT2D eigenvalue weighted by atomic mass is 9.85. The molecule has 0 bridgehead atoms. The van der Waals surface area contributed by atoms with Gasteiger partial charge in [-0.05, 0) is 37.8 Å². The minimum absolute atomic E-state index is 0.106. The molecule has 154 valence electrons. The van der Waals surface area contributed by atoms with Gasteiger partial charge in [-0.1, -0.05) is 24.3 Å². The Labute approximate surface area is 169 Å². The maximum atomic E-state index is 12.3. The van der Waals surface area contributed by atoms with E-state index in [2.05, 4.69) is 26.0 Å². The summed E-state index contributed by atoms with van der Waals surface area (Å²) < 4.78 is 7.33. The van der Waals surface area contributed by atoms with Crippen LogP contribution in [0, 0.1) is 19.8 Å². The third-order valence-electron chi connectivity index (χ3n) is 5.41. The van der Waals surface area contributed by atoms with Crippen molar-refractivity contribution in [2.45, 2.75) is 52.0 Å². The predicted octanol–water partition coefficient (Wildman–Crippen LogP) is 1.32. The lowest BCUT2D eigenvalue weighted by Crippen LogP contribution is -2.58. The zero-order chi connectivity index (χ0) is 20.4. The van der Waals surface area contributed by atoms with Crippen LogP contribution in [0.5, 0.6) is 0 Å². The van der Waals surface area contributed by atoms with Crippen molar-refractivity contribution in [3.63, 3.8) is 0 Å². The maximum absolute atomic E-state index is 12.3. The Kier molecular flexibility index (Phi) is 5.48. The standard InChI is InChI=1S/C20H26N6O3/c1-12-22-13(2)26(25-12)11-17(27)21-10-14-5-3-6-15(9-14)18-16-7-4-8-29-19(16)24-20(28)23-18/h3,5-6,9,16,18-19H,4,7-8,10-11H2,1-2H3,(H,21,27)(H2,23,24,28)/t16-,18-,19-/m0/s1. The number of urea groups is 1. The van der Waals surface area contributed by atoms with Crippen molar-refractivity contribution in [1.29, 1.82) is 0 Å². The summed E-state index contributed by atoms with van der Waals surface area (Å²) in [5, 5.41) is 13.0. The van der Waals surface area contributed by atoms with Gasteiger partial charge in [-0.15, -0.1) is 0 Å². The number of benzene rings is 1. The number of rotatable bonds is 5. The van der Waals surface area contributed by atoms with Gasteiger partial charge < -0.3 is 20.7 Å². The van der Waals surface area contributed by atoms with E-state index in [1.54, 1.807) is 11.6 Å². The number of ether oxygens (including phenoxy) is 1. The second-order valence-electron chi connectivity index (χ2n) is 7.58. The largest absolute Gasteiger partial charge is 0.358 e. The van der Waals surface area contributed by atoms with Crippen molar-refractivity contribution < 1.29 is 14.3 Å². The second kappa shape index (κ2) is 8.20. The number of carbonyl (C=O) groups excluding carboxylic acids is 2. The first kappa shape index (κ1) is 19.4. The molecule has 2 saturated heterocycles. The van der Waals surface area contributed by atoms with Gasteiger partial charge in [0.15, 0.2) is 0 Å². The molecule has 3 heterocycles. The number of fused-ring (bicyclic) bond motifs is 1. The van der Waals surface area contributed by atoms with Crippen molar-refractivity contribution in [2.24, 2.45) is 5.92 Å². The van der Waals surface area contributed by atoms with Gasteiger partial charge >= 0.3 is 6.03 Å². The van der Waals surface area contributed by atoms with Crippen molar-refractivity contribution in [2.75, 3.05) is 6.61 Å². The molecule has 2 fully saturated rings. The van der Waals surface area contributed by atoms with Crippen molar-refractivity contribution in [1.82, 2.24) is 30.7 Å². The summed E-state index contributed by atoms with van der Waals surface area (Å²) in [6.45, 7) is 4.84. The Hall–Kier alpha value is -2.94. The molecule has 2 aliphatic heterocycles. The quantitative estimate of drug-likeness (QED) is 0.704. The normalized spacial score (nSPS) is 23.7. The summed E-state index contributed by atoms with van der Waals surface area (Å²) >= 11 is 0. The summed E-state index contributed by atoms with van der Waals surface area (Å²) in [6, 6.07) is 7.64.